The zero-order valence-electron chi connectivity index (χ0n) is 17.4. The molecule has 0 bridgehead atoms. The number of carbonyl (C=O) groups excluding carboxylic acids is 1. The number of likely N-dealkylation sites (N-methyl/N-ethyl adjacent to an activating group) is 2. The molecule has 2 saturated heterocycles. The van der Waals surface area contributed by atoms with Gasteiger partial charge in [0, 0.05) is 58.1 Å². The van der Waals surface area contributed by atoms with Crippen LogP contribution < -0.4 is 0 Å². The van der Waals surface area contributed by atoms with Crippen LogP contribution in [0.2, 0.25) is 0 Å². The number of aryl methyl sites for hydroxylation is 1. The number of hydrogen-bond donors (Lipinski definition) is 0. The third-order valence-electron chi connectivity index (χ3n) is 6.16. The van der Waals surface area contributed by atoms with Gasteiger partial charge in [0.05, 0.1) is 11.6 Å². The van der Waals surface area contributed by atoms with Gasteiger partial charge in [-0.05, 0) is 52.5 Å². The van der Waals surface area contributed by atoms with Crippen LogP contribution in [0.1, 0.15) is 24.1 Å². The minimum atomic E-state index is 0.143. The highest BCUT2D eigenvalue weighted by molar-refractivity contribution is 5.79. The van der Waals surface area contributed by atoms with Gasteiger partial charge in [0.15, 0.2) is 0 Å². The average Bonchev–Trinajstić information content (AvgIpc) is 2.85. The molecule has 0 spiro atoms. The molecule has 0 aromatic carbocycles. The van der Waals surface area contributed by atoms with Gasteiger partial charge in [0.2, 0.25) is 5.91 Å². The fourth-order valence-electron chi connectivity index (χ4n) is 4.29. The zero-order valence-corrected chi connectivity index (χ0v) is 17.4. The topological polar surface area (TPSA) is 42.9 Å². The van der Waals surface area contributed by atoms with Gasteiger partial charge in [0.1, 0.15) is 0 Å². The Balaban J connectivity index is 1.51. The van der Waals surface area contributed by atoms with Gasteiger partial charge < -0.3 is 14.7 Å². The standard InChI is InChI=1S/C21H35N5O/c1-17-6-5-9-22-20(17)16-25-10-12-26(13-11-25)21(27)18-7-8-19(23(2)3)15-24(4)14-18/h5-6,9,18-19H,7-8,10-16H2,1-4H3/t18-,19+/m1/s1. The summed E-state index contributed by atoms with van der Waals surface area (Å²) in [6.45, 7) is 8.47. The second kappa shape index (κ2) is 9.13. The summed E-state index contributed by atoms with van der Waals surface area (Å²) < 4.78 is 0. The number of piperazine rings is 1. The number of hydrogen-bond acceptors (Lipinski definition) is 5. The fourth-order valence-corrected chi connectivity index (χ4v) is 4.29. The van der Waals surface area contributed by atoms with Gasteiger partial charge in [-0.2, -0.15) is 0 Å². The van der Waals surface area contributed by atoms with Crippen molar-refractivity contribution in [3.05, 3.63) is 29.6 Å². The smallest absolute Gasteiger partial charge is 0.227 e. The molecule has 0 N–H and O–H groups in total. The Kier molecular flexibility index (Phi) is 6.84. The molecule has 0 unspecified atom stereocenters. The maximum atomic E-state index is 13.1. The van der Waals surface area contributed by atoms with E-state index in [1.807, 2.05) is 12.3 Å². The first-order valence-electron chi connectivity index (χ1n) is 10.2. The highest BCUT2D eigenvalue weighted by Crippen LogP contribution is 2.21. The predicted molar refractivity (Wildman–Crippen MR) is 109 cm³/mol. The normalized spacial score (nSPS) is 25.6. The van der Waals surface area contributed by atoms with E-state index >= 15 is 0 Å². The van der Waals surface area contributed by atoms with E-state index in [4.69, 9.17) is 0 Å². The highest BCUT2D eigenvalue weighted by atomic mass is 16.2. The van der Waals surface area contributed by atoms with E-state index in [0.29, 0.717) is 11.9 Å². The molecule has 1 amide bonds. The van der Waals surface area contributed by atoms with Gasteiger partial charge in [-0.3, -0.25) is 14.7 Å². The molecule has 27 heavy (non-hydrogen) atoms. The molecule has 0 aliphatic carbocycles. The van der Waals surface area contributed by atoms with Crippen molar-refractivity contribution in [2.24, 2.45) is 5.92 Å². The first kappa shape index (κ1) is 20.2. The van der Waals surface area contributed by atoms with Crippen molar-refractivity contribution in [3.63, 3.8) is 0 Å². The number of pyridine rings is 1. The summed E-state index contributed by atoms with van der Waals surface area (Å²) in [7, 11) is 6.43. The molecule has 6 nitrogen and oxygen atoms in total. The number of nitrogens with zero attached hydrogens (tertiary/aromatic N) is 5. The van der Waals surface area contributed by atoms with Gasteiger partial charge in [-0.15, -0.1) is 0 Å². The summed E-state index contributed by atoms with van der Waals surface area (Å²) in [5, 5.41) is 0. The van der Waals surface area contributed by atoms with Crippen molar-refractivity contribution in [2.75, 3.05) is 60.4 Å². The molecule has 3 rings (SSSR count). The third kappa shape index (κ3) is 5.27. The Labute approximate surface area is 164 Å². The highest BCUT2D eigenvalue weighted by Gasteiger charge is 2.31. The summed E-state index contributed by atoms with van der Waals surface area (Å²) in [4.78, 5) is 26.7. The fraction of sp³-hybridized carbons (Fsp3) is 0.714. The first-order chi connectivity index (χ1) is 12.9. The summed E-state index contributed by atoms with van der Waals surface area (Å²) in [5.74, 6) is 0.499. The van der Waals surface area contributed by atoms with Crippen LogP contribution in [-0.2, 0) is 11.3 Å². The molecule has 2 aliphatic heterocycles. The lowest BCUT2D eigenvalue weighted by Crippen LogP contribution is -2.51. The van der Waals surface area contributed by atoms with Crippen molar-refractivity contribution in [3.8, 4) is 0 Å². The SMILES string of the molecule is Cc1cccnc1CN1CCN(C(=O)[C@@H]2CC[C@H](N(C)C)CN(C)C2)CC1. The minimum absolute atomic E-state index is 0.143. The number of carbonyl (C=O) groups is 1. The largest absolute Gasteiger partial charge is 0.340 e. The van der Waals surface area contributed by atoms with E-state index in [2.05, 4.69) is 58.7 Å². The molecule has 150 valence electrons. The van der Waals surface area contributed by atoms with E-state index < -0.39 is 0 Å². The Morgan fingerprint density at radius 2 is 1.93 bits per heavy atom. The molecular weight excluding hydrogens is 338 g/mol. The number of aromatic nitrogens is 1. The molecule has 2 fully saturated rings. The molecule has 6 heteroatoms. The number of likely N-dealkylation sites (tertiary alicyclic amines) is 1. The quantitative estimate of drug-likeness (QED) is 0.796. The minimum Gasteiger partial charge on any atom is -0.340 e. The van der Waals surface area contributed by atoms with Crippen molar-refractivity contribution >= 4 is 5.91 Å². The maximum Gasteiger partial charge on any atom is 0.227 e. The van der Waals surface area contributed by atoms with Crippen LogP contribution in [0.3, 0.4) is 0 Å². The van der Waals surface area contributed by atoms with E-state index in [0.717, 1.165) is 64.3 Å². The van der Waals surface area contributed by atoms with Crippen LogP contribution in [0.25, 0.3) is 0 Å². The summed E-state index contributed by atoms with van der Waals surface area (Å²) >= 11 is 0. The Hall–Kier alpha value is -1.50. The van der Waals surface area contributed by atoms with Gasteiger partial charge in [-0.25, -0.2) is 0 Å². The lowest BCUT2D eigenvalue weighted by Gasteiger charge is -2.36. The lowest BCUT2D eigenvalue weighted by molar-refractivity contribution is -0.138. The van der Waals surface area contributed by atoms with Gasteiger partial charge >= 0.3 is 0 Å². The molecule has 0 saturated carbocycles. The molecule has 1 aromatic rings. The van der Waals surface area contributed by atoms with Crippen molar-refractivity contribution in [1.29, 1.82) is 0 Å². The van der Waals surface area contributed by atoms with Crippen LogP contribution in [0.4, 0.5) is 0 Å². The lowest BCUT2D eigenvalue weighted by atomic mass is 9.99. The third-order valence-corrected chi connectivity index (χ3v) is 6.16. The number of amides is 1. The zero-order chi connectivity index (χ0) is 19.4. The monoisotopic (exact) mass is 373 g/mol. The summed E-state index contributed by atoms with van der Waals surface area (Å²) in [6.07, 6.45) is 3.97. The Bertz CT molecular complexity index is 627. The number of rotatable bonds is 4. The summed E-state index contributed by atoms with van der Waals surface area (Å²) in [6, 6.07) is 4.65. The van der Waals surface area contributed by atoms with Crippen LogP contribution in [0.15, 0.2) is 18.3 Å². The van der Waals surface area contributed by atoms with Crippen LogP contribution in [0.5, 0.6) is 0 Å². The summed E-state index contributed by atoms with van der Waals surface area (Å²) in [5.41, 5.74) is 2.39. The molecule has 0 radical (unpaired) electrons. The molecule has 3 heterocycles. The van der Waals surface area contributed by atoms with Crippen LogP contribution in [-0.4, -0.2) is 96.9 Å². The molecular formula is C21H35N5O. The maximum absolute atomic E-state index is 13.1. The first-order valence-corrected chi connectivity index (χ1v) is 10.2. The Morgan fingerprint density at radius 3 is 2.59 bits per heavy atom. The van der Waals surface area contributed by atoms with E-state index in [1.54, 1.807) is 0 Å². The molecule has 2 atom stereocenters. The Morgan fingerprint density at radius 1 is 1.19 bits per heavy atom. The van der Waals surface area contributed by atoms with Crippen molar-refractivity contribution < 1.29 is 4.79 Å². The van der Waals surface area contributed by atoms with Crippen molar-refractivity contribution in [1.82, 2.24) is 24.6 Å². The van der Waals surface area contributed by atoms with Gasteiger partial charge in [0.25, 0.3) is 0 Å². The second-order valence-corrected chi connectivity index (χ2v) is 8.48. The molecule has 1 aromatic heterocycles. The second-order valence-electron chi connectivity index (χ2n) is 8.48. The molecule has 2 aliphatic rings. The van der Waals surface area contributed by atoms with Gasteiger partial charge in [-0.1, -0.05) is 6.07 Å². The van der Waals surface area contributed by atoms with E-state index in [9.17, 15) is 4.79 Å². The van der Waals surface area contributed by atoms with E-state index in [1.165, 1.54) is 5.56 Å². The van der Waals surface area contributed by atoms with Crippen LogP contribution >= 0.6 is 0 Å². The average molecular weight is 374 g/mol. The van der Waals surface area contributed by atoms with Crippen molar-refractivity contribution in [2.45, 2.75) is 32.4 Å². The van der Waals surface area contributed by atoms with Crippen LogP contribution in [0, 0.1) is 12.8 Å². The van der Waals surface area contributed by atoms with E-state index in [-0.39, 0.29) is 5.92 Å². The predicted octanol–water partition coefficient (Wildman–Crippen LogP) is 1.31.